The van der Waals surface area contributed by atoms with E-state index in [2.05, 4.69) is 5.10 Å². The van der Waals surface area contributed by atoms with Crippen LogP contribution in [0, 0.1) is 5.21 Å². The van der Waals surface area contributed by atoms with Gasteiger partial charge in [-0.25, -0.2) is 4.79 Å². The lowest BCUT2D eigenvalue weighted by Crippen LogP contribution is -2.35. The fourth-order valence-electron chi connectivity index (χ4n) is 2.06. The number of rotatable bonds is 3. The Morgan fingerprint density at radius 2 is 1.96 bits per heavy atom. The van der Waals surface area contributed by atoms with Gasteiger partial charge in [0.1, 0.15) is 5.71 Å². The van der Waals surface area contributed by atoms with Crippen molar-refractivity contribution >= 4 is 34.8 Å². The first kappa shape index (κ1) is 16.5. The molecule has 0 fully saturated rings. The van der Waals surface area contributed by atoms with Crippen LogP contribution < -0.4 is 4.90 Å². The summed E-state index contributed by atoms with van der Waals surface area (Å²) in [7, 11) is 3.76. The van der Waals surface area contributed by atoms with Crippen LogP contribution in [0.15, 0.2) is 29.4 Å². The maximum Gasteiger partial charge on any atom is 0.438 e. The van der Waals surface area contributed by atoms with E-state index >= 15 is 0 Å². The van der Waals surface area contributed by atoms with Gasteiger partial charge in [-0.3, -0.25) is 4.79 Å². The first-order valence-electron chi connectivity index (χ1n) is 7.05. The summed E-state index contributed by atoms with van der Waals surface area (Å²) in [5.41, 5.74) is 1.16. The molecular weight excluding hydrogens is 300 g/mol. The second kappa shape index (κ2) is 6.47. The molecular formula is C15H18N4O4. The Morgan fingerprint density at radius 1 is 1.35 bits per heavy atom. The summed E-state index contributed by atoms with van der Waals surface area (Å²) in [6.07, 6.45) is -0.900. The van der Waals surface area contributed by atoms with Crippen LogP contribution in [-0.4, -0.2) is 53.9 Å². The molecule has 0 aliphatic carbocycles. The maximum absolute atomic E-state index is 12.5. The van der Waals surface area contributed by atoms with Gasteiger partial charge in [0.05, 0.1) is 6.61 Å². The van der Waals surface area contributed by atoms with Crippen LogP contribution in [-0.2, 0) is 9.53 Å². The second-order valence-corrected chi connectivity index (χ2v) is 5.06. The molecule has 8 heteroatoms. The third-order valence-electron chi connectivity index (χ3n) is 3.23. The molecule has 1 heterocycles. The normalized spacial score (nSPS) is 16.3. The molecule has 8 nitrogen and oxygen atoms in total. The first-order valence-corrected chi connectivity index (χ1v) is 7.05. The lowest BCUT2D eigenvalue weighted by molar-refractivity contribution is -0.358. The van der Waals surface area contributed by atoms with Gasteiger partial charge in [0.15, 0.2) is 0 Å². The third kappa shape index (κ3) is 3.15. The molecule has 0 radical (unpaired) electrons. The van der Waals surface area contributed by atoms with Gasteiger partial charge in [-0.1, -0.05) is 0 Å². The first-order chi connectivity index (χ1) is 10.9. The van der Waals surface area contributed by atoms with Gasteiger partial charge < -0.3 is 14.8 Å². The zero-order valence-electron chi connectivity index (χ0n) is 13.4. The molecule has 2 amide bonds. The second-order valence-electron chi connectivity index (χ2n) is 5.06. The highest BCUT2D eigenvalue weighted by atomic mass is 16.6. The predicted molar refractivity (Wildman–Crippen MR) is 86.0 cm³/mol. The maximum atomic E-state index is 12.5. The summed E-state index contributed by atoms with van der Waals surface area (Å²) in [5, 5.41) is 16.8. The van der Waals surface area contributed by atoms with Crippen LogP contribution in [0.3, 0.4) is 0 Å². The standard InChI is InChI=1S/C15H18N4O4/c1-5-23-15(21)18-14(20)13(10(2)16-18)19(22)12-8-6-11(7-9-12)17(3)4/h6-9H,5H2,1-4H3/b19-13+. The molecule has 122 valence electrons. The van der Waals surface area contributed by atoms with E-state index in [1.165, 1.54) is 6.92 Å². The number of carbonyl (C=O) groups is 2. The molecule has 0 atom stereocenters. The van der Waals surface area contributed by atoms with Gasteiger partial charge in [-0.2, -0.15) is 9.84 Å². The number of imide groups is 1. The minimum Gasteiger partial charge on any atom is -0.618 e. The van der Waals surface area contributed by atoms with E-state index in [9.17, 15) is 14.8 Å². The number of hydrogen-bond acceptors (Lipinski definition) is 6. The summed E-state index contributed by atoms with van der Waals surface area (Å²) in [5.74, 6) is -0.798. The topological polar surface area (TPSA) is 88.3 Å². The summed E-state index contributed by atoms with van der Waals surface area (Å²) >= 11 is 0. The average Bonchev–Trinajstić information content (AvgIpc) is 2.82. The Labute approximate surface area is 133 Å². The number of amides is 2. The quantitative estimate of drug-likeness (QED) is 0.481. The minimum atomic E-state index is -0.900. The predicted octanol–water partition coefficient (Wildman–Crippen LogP) is 1.71. The van der Waals surface area contributed by atoms with Crippen LogP contribution in [0.4, 0.5) is 16.2 Å². The van der Waals surface area contributed by atoms with Crippen LogP contribution in [0.25, 0.3) is 0 Å². The number of anilines is 1. The van der Waals surface area contributed by atoms with E-state index < -0.39 is 12.0 Å². The van der Waals surface area contributed by atoms with Gasteiger partial charge >= 0.3 is 17.7 Å². The van der Waals surface area contributed by atoms with Crippen LogP contribution in [0.2, 0.25) is 0 Å². The largest absolute Gasteiger partial charge is 0.618 e. The van der Waals surface area contributed by atoms with E-state index in [-0.39, 0.29) is 23.7 Å². The fraction of sp³-hybridized carbons (Fsp3) is 0.333. The molecule has 1 aromatic rings. The molecule has 1 aliphatic heterocycles. The highest BCUT2D eigenvalue weighted by Gasteiger charge is 2.41. The Bertz CT molecular complexity index is 692. The molecule has 1 aliphatic rings. The molecule has 23 heavy (non-hydrogen) atoms. The summed E-state index contributed by atoms with van der Waals surface area (Å²) < 4.78 is 5.21. The van der Waals surface area contributed by atoms with Crippen molar-refractivity contribution in [3.8, 4) is 0 Å². The lowest BCUT2D eigenvalue weighted by Gasteiger charge is -2.12. The molecule has 0 spiro atoms. The number of carbonyl (C=O) groups excluding carboxylic acids is 2. The minimum absolute atomic E-state index is 0.111. The molecule has 0 unspecified atom stereocenters. The number of hydrazone groups is 1. The van der Waals surface area contributed by atoms with Crippen molar-refractivity contribution in [2.24, 2.45) is 5.10 Å². The monoisotopic (exact) mass is 318 g/mol. The fourth-order valence-corrected chi connectivity index (χ4v) is 2.06. The van der Waals surface area contributed by atoms with Gasteiger partial charge in [0.25, 0.3) is 0 Å². The molecule has 0 bridgehead atoms. The van der Waals surface area contributed by atoms with E-state index in [4.69, 9.17) is 4.74 Å². The molecule has 0 saturated carbocycles. The van der Waals surface area contributed by atoms with Crippen LogP contribution in [0.5, 0.6) is 0 Å². The SMILES string of the molecule is CCOC(=O)N1N=C(C)/C(=[N+](\[O-])c2ccc(N(C)C)cc2)C1=O. The summed E-state index contributed by atoms with van der Waals surface area (Å²) in [4.78, 5) is 25.8. The zero-order chi connectivity index (χ0) is 17.1. The van der Waals surface area contributed by atoms with Crippen LogP contribution in [0.1, 0.15) is 13.8 Å². The Kier molecular flexibility index (Phi) is 4.63. The smallest absolute Gasteiger partial charge is 0.438 e. The summed E-state index contributed by atoms with van der Waals surface area (Å²) in [6, 6.07) is 6.72. The number of benzene rings is 1. The highest BCUT2D eigenvalue weighted by molar-refractivity contribution is 6.67. The Morgan fingerprint density at radius 3 is 2.48 bits per heavy atom. The van der Waals surface area contributed by atoms with Crippen molar-refractivity contribution in [2.45, 2.75) is 13.8 Å². The van der Waals surface area contributed by atoms with Crippen molar-refractivity contribution in [1.82, 2.24) is 5.01 Å². The highest BCUT2D eigenvalue weighted by Crippen LogP contribution is 2.19. The van der Waals surface area contributed by atoms with E-state index in [1.54, 1.807) is 31.2 Å². The average molecular weight is 318 g/mol. The van der Waals surface area contributed by atoms with Crippen LogP contribution >= 0.6 is 0 Å². The Hall–Kier alpha value is -2.90. The van der Waals surface area contributed by atoms with Crippen molar-refractivity contribution in [2.75, 3.05) is 25.6 Å². The lowest BCUT2D eigenvalue weighted by atomic mass is 10.2. The molecule has 0 saturated heterocycles. The number of hydrogen-bond donors (Lipinski definition) is 0. The van der Waals surface area contributed by atoms with E-state index in [0.717, 1.165) is 5.69 Å². The van der Waals surface area contributed by atoms with Crippen molar-refractivity contribution in [1.29, 1.82) is 0 Å². The van der Waals surface area contributed by atoms with Gasteiger partial charge in [0, 0.05) is 31.9 Å². The molecule has 2 rings (SSSR count). The molecule has 1 aromatic carbocycles. The van der Waals surface area contributed by atoms with Gasteiger partial charge in [0.2, 0.25) is 5.69 Å². The molecule has 0 N–H and O–H groups in total. The van der Waals surface area contributed by atoms with Crippen molar-refractivity contribution in [3.05, 3.63) is 29.5 Å². The summed E-state index contributed by atoms with van der Waals surface area (Å²) in [6.45, 7) is 3.22. The van der Waals surface area contributed by atoms with Crippen molar-refractivity contribution in [3.63, 3.8) is 0 Å². The number of nitrogens with zero attached hydrogens (tertiary/aromatic N) is 4. The Balaban J connectivity index is 2.35. The molecule has 0 aromatic heterocycles. The van der Waals surface area contributed by atoms with Crippen molar-refractivity contribution < 1.29 is 19.1 Å². The zero-order valence-corrected chi connectivity index (χ0v) is 13.4. The third-order valence-corrected chi connectivity index (χ3v) is 3.23. The van der Waals surface area contributed by atoms with Gasteiger partial charge in [-0.15, -0.1) is 5.01 Å². The van der Waals surface area contributed by atoms with Gasteiger partial charge in [-0.05, 0) is 26.0 Å². The van der Waals surface area contributed by atoms with E-state index in [0.29, 0.717) is 9.75 Å². The van der Waals surface area contributed by atoms with E-state index in [1.807, 2.05) is 19.0 Å². The number of ether oxygens (including phenoxy) is 1.